The third-order valence-corrected chi connectivity index (χ3v) is 4.71. The average Bonchev–Trinajstić information content (AvgIpc) is 2.97. The largest absolute Gasteiger partial charge is 0.396 e. The summed E-state index contributed by atoms with van der Waals surface area (Å²) >= 11 is 1.82. The van der Waals surface area contributed by atoms with Gasteiger partial charge in [0, 0.05) is 24.2 Å². The Balaban J connectivity index is 1.99. The Morgan fingerprint density at radius 3 is 3.06 bits per heavy atom. The van der Waals surface area contributed by atoms with E-state index in [4.69, 9.17) is 5.11 Å². The first kappa shape index (κ1) is 12.0. The van der Waals surface area contributed by atoms with Crippen molar-refractivity contribution < 1.29 is 5.11 Å². The van der Waals surface area contributed by atoms with Gasteiger partial charge in [-0.3, -0.25) is 4.90 Å². The van der Waals surface area contributed by atoms with Crippen LogP contribution in [0.1, 0.15) is 36.2 Å². The molecular formula is C12H20N2OS. The number of aromatic nitrogens is 1. The van der Waals surface area contributed by atoms with Crippen molar-refractivity contribution >= 4 is 11.3 Å². The van der Waals surface area contributed by atoms with Gasteiger partial charge in [-0.15, -0.1) is 11.3 Å². The number of thiazole rings is 1. The Bertz CT molecular complexity index is 340. The monoisotopic (exact) mass is 240 g/mol. The summed E-state index contributed by atoms with van der Waals surface area (Å²) in [7, 11) is 0. The number of hydrogen-bond acceptors (Lipinski definition) is 4. The van der Waals surface area contributed by atoms with Gasteiger partial charge in [0.15, 0.2) is 0 Å². The number of rotatable bonds is 4. The highest BCUT2D eigenvalue weighted by Crippen LogP contribution is 2.29. The maximum Gasteiger partial charge on any atom is 0.110 e. The molecule has 1 aromatic heterocycles. The normalized spacial score (nSPS) is 23.8. The molecule has 0 saturated carbocycles. The summed E-state index contributed by atoms with van der Waals surface area (Å²) in [6.07, 6.45) is 4.19. The van der Waals surface area contributed by atoms with E-state index in [9.17, 15) is 0 Å². The minimum Gasteiger partial charge on any atom is -0.396 e. The van der Waals surface area contributed by atoms with E-state index < -0.39 is 0 Å². The summed E-state index contributed by atoms with van der Waals surface area (Å²) < 4.78 is 0. The van der Waals surface area contributed by atoms with E-state index in [1.54, 1.807) is 0 Å². The van der Waals surface area contributed by atoms with Gasteiger partial charge in [0.25, 0.3) is 0 Å². The molecule has 2 heterocycles. The van der Waals surface area contributed by atoms with E-state index in [0.29, 0.717) is 18.6 Å². The van der Waals surface area contributed by atoms with Crippen LogP contribution in [0.25, 0.3) is 0 Å². The lowest BCUT2D eigenvalue weighted by Crippen LogP contribution is -2.25. The quantitative estimate of drug-likeness (QED) is 0.875. The molecule has 90 valence electrons. The summed E-state index contributed by atoms with van der Waals surface area (Å²) in [5, 5.41) is 10.4. The van der Waals surface area contributed by atoms with Crippen LogP contribution in [0.5, 0.6) is 0 Å². The third-order valence-electron chi connectivity index (χ3n) is 3.40. The third kappa shape index (κ3) is 2.44. The number of aryl methyl sites for hydroxylation is 1. The summed E-state index contributed by atoms with van der Waals surface area (Å²) in [5.74, 6) is 0.466. The molecule has 0 aromatic carbocycles. The Morgan fingerprint density at radius 2 is 2.50 bits per heavy atom. The zero-order valence-electron chi connectivity index (χ0n) is 10.0. The van der Waals surface area contributed by atoms with Crippen LogP contribution < -0.4 is 0 Å². The molecule has 1 aliphatic rings. The topological polar surface area (TPSA) is 36.4 Å². The van der Waals surface area contributed by atoms with Crippen molar-refractivity contribution in [1.29, 1.82) is 0 Å². The maximum atomic E-state index is 9.14. The predicted molar refractivity (Wildman–Crippen MR) is 66.7 cm³/mol. The van der Waals surface area contributed by atoms with Crippen molar-refractivity contribution in [3.05, 3.63) is 16.1 Å². The molecule has 3 nitrogen and oxygen atoms in total. The van der Waals surface area contributed by atoms with Gasteiger partial charge in [-0.05, 0) is 32.2 Å². The highest BCUT2D eigenvalue weighted by atomic mass is 32.1. The van der Waals surface area contributed by atoms with Crippen molar-refractivity contribution in [2.24, 2.45) is 5.92 Å². The fourth-order valence-electron chi connectivity index (χ4n) is 2.20. The molecule has 1 N–H and O–H groups in total. The van der Waals surface area contributed by atoms with Crippen LogP contribution in [-0.4, -0.2) is 34.7 Å². The number of likely N-dealkylation sites (tertiary alicyclic amines) is 1. The lowest BCUT2D eigenvalue weighted by molar-refractivity contribution is 0.204. The van der Waals surface area contributed by atoms with Crippen LogP contribution in [0.4, 0.5) is 0 Å². The van der Waals surface area contributed by atoms with Crippen LogP contribution in [0.3, 0.4) is 0 Å². The van der Waals surface area contributed by atoms with Crippen molar-refractivity contribution in [3.63, 3.8) is 0 Å². The Labute approximate surface area is 101 Å². The molecule has 1 fully saturated rings. The smallest absolute Gasteiger partial charge is 0.110 e. The van der Waals surface area contributed by atoms with E-state index >= 15 is 0 Å². The van der Waals surface area contributed by atoms with Gasteiger partial charge in [-0.1, -0.05) is 6.92 Å². The molecule has 0 aliphatic carbocycles. The second kappa shape index (κ2) is 5.25. The van der Waals surface area contributed by atoms with E-state index in [1.165, 1.54) is 9.88 Å². The van der Waals surface area contributed by atoms with Gasteiger partial charge in [0.2, 0.25) is 0 Å². The van der Waals surface area contributed by atoms with E-state index in [-0.39, 0.29) is 0 Å². The molecule has 0 radical (unpaired) electrons. The minimum atomic E-state index is 0.321. The highest BCUT2D eigenvalue weighted by molar-refractivity contribution is 7.11. The zero-order chi connectivity index (χ0) is 11.5. The second-order valence-corrected chi connectivity index (χ2v) is 5.67. The van der Waals surface area contributed by atoms with Gasteiger partial charge in [-0.25, -0.2) is 4.98 Å². The molecule has 2 unspecified atom stereocenters. The molecule has 1 aliphatic heterocycles. The zero-order valence-corrected chi connectivity index (χ0v) is 10.8. The lowest BCUT2D eigenvalue weighted by atomic mass is 10.1. The maximum absolute atomic E-state index is 9.14. The summed E-state index contributed by atoms with van der Waals surface area (Å²) in [6, 6.07) is 0.404. The van der Waals surface area contributed by atoms with Gasteiger partial charge < -0.3 is 5.11 Å². The molecule has 1 aromatic rings. The molecular weight excluding hydrogens is 220 g/mol. The Hall–Kier alpha value is -0.450. The van der Waals surface area contributed by atoms with Crippen LogP contribution in [0, 0.1) is 5.92 Å². The van der Waals surface area contributed by atoms with Crippen molar-refractivity contribution in [1.82, 2.24) is 9.88 Å². The SMILES string of the molecule is CCc1cnc(C(C)N2CCC(CO)C2)s1. The molecule has 16 heavy (non-hydrogen) atoms. The summed E-state index contributed by atoms with van der Waals surface area (Å²) in [6.45, 7) is 6.81. The van der Waals surface area contributed by atoms with Gasteiger partial charge in [-0.2, -0.15) is 0 Å². The number of hydrogen-bond donors (Lipinski definition) is 1. The van der Waals surface area contributed by atoms with Crippen LogP contribution >= 0.6 is 11.3 Å². The fraction of sp³-hybridized carbons (Fsp3) is 0.750. The molecule has 2 rings (SSSR count). The Kier molecular flexibility index (Phi) is 3.95. The molecule has 4 heteroatoms. The number of nitrogens with zero attached hydrogens (tertiary/aromatic N) is 2. The van der Waals surface area contributed by atoms with Crippen LogP contribution in [0.15, 0.2) is 6.20 Å². The lowest BCUT2D eigenvalue weighted by Gasteiger charge is -2.22. The van der Waals surface area contributed by atoms with Crippen molar-refractivity contribution in [3.8, 4) is 0 Å². The number of aliphatic hydroxyl groups is 1. The number of aliphatic hydroxyl groups excluding tert-OH is 1. The van der Waals surface area contributed by atoms with Gasteiger partial charge in [0.1, 0.15) is 5.01 Å². The van der Waals surface area contributed by atoms with E-state index in [0.717, 1.165) is 25.9 Å². The van der Waals surface area contributed by atoms with Crippen LogP contribution in [-0.2, 0) is 6.42 Å². The molecule has 0 amide bonds. The van der Waals surface area contributed by atoms with E-state index in [1.807, 2.05) is 17.5 Å². The average molecular weight is 240 g/mol. The van der Waals surface area contributed by atoms with Gasteiger partial charge in [0.05, 0.1) is 6.04 Å². The summed E-state index contributed by atoms with van der Waals surface area (Å²) in [5.41, 5.74) is 0. The molecule has 0 bridgehead atoms. The highest BCUT2D eigenvalue weighted by Gasteiger charge is 2.27. The van der Waals surface area contributed by atoms with Crippen molar-refractivity contribution in [2.45, 2.75) is 32.7 Å². The van der Waals surface area contributed by atoms with E-state index in [2.05, 4.69) is 23.7 Å². The Morgan fingerprint density at radius 1 is 1.69 bits per heavy atom. The van der Waals surface area contributed by atoms with Crippen LogP contribution in [0.2, 0.25) is 0 Å². The molecule has 1 saturated heterocycles. The van der Waals surface area contributed by atoms with Gasteiger partial charge >= 0.3 is 0 Å². The fourth-order valence-corrected chi connectivity index (χ4v) is 3.14. The van der Waals surface area contributed by atoms with Crippen molar-refractivity contribution in [2.75, 3.05) is 19.7 Å². The first-order valence-electron chi connectivity index (χ1n) is 6.04. The predicted octanol–water partition coefficient (Wildman–Crippen LogP) is 2.08. The first-order valence-corrected chi connectivity index (χ1v) is 6.85. The molecule has 2 atom stereocenters. The molecule has 0 spiro atoms. The summed E-state index contributed by atoms with van der Waals surface area (Å²) in [4.78, 5) is 8.29. The second-order valence-electron chi connectivity index (χ2n) is 4.53. The standard InChI is InChI=1S/C12H20N2OS/c1-3-11-6-13-12(16-11)9(2)14-5-4-10(7-14)8-15/h6,9-10,15H,3-5,7-8H2,1-2H3. The first-order chi connectivity index (χ1) is 7.74. The minimum absolute atomic E-state index is 0.321.